The van der Waals surface area contributed by atoms with Crippen molar-refractivity contribution in [2.45, 2.75) is 23.6 Å². The van der Waals surface area contributed by atoms with Gasteiger partial charge in [0.25, 0.3) is 0 Å². The monoisotopic (exact) mass is 292 g/mol. The molecule has 0 N–H and O–H groups in total. The van der Waals surface area contributed by atoms with Crippen LogP contribution in [0.3, 0.4) is 0 Å². The quantitative estimate of drug-likeness (QED) is 0.624. The van der Waals surface area contributed by atoms with Crippen molar-refractivity contribution in [3.8, 4) is 11.1 Å². The van der Waals surface area contributed by atoms with Gasteiger partial charge in [-0.15, -0.1) is 11.6 Å². The third-order valence-corrected chi connectivity index (χ3v) is 5.04. The molecule has 1 heteroatoms. The first-order valence-corrected chi connectivity index (χ1v) is 7.86. The molecule has 21 heavy (non-hydrogen) atoms. The number of alkyl halides is 1. The summed E-state index contributed by atoms with van der Waals surface area (Å²) in [6, 6.07) is 17.5. The summed E-state index contributed by atoms with van der Waals surface area (Å²) < 4.78 is 0. The van der Waals surface area contributed by atoms with Crippen molar-refractivity contribution in [2.75, 3.05) is 0 Å². The van der Waals surface area contributed by atoms with Gasteiger partial charge in [-0.1, -0.05) is 72.8 Å². The Morgan fingerprint density at radius 3 is 2.10 bits per heavy atom. The number of fused-ring (bicyclic) bond motifs is 3. The highest BCUT2D eigenvalue weighted by atomic mass is 35.5. The standard InChI is InChI=1S/C20H17Cl/c21-20(12-6-1-7-13-20)14-19-17-10-4-2-8-15(17)16-9-3-5-11-18(16)19/h1-12,19H,13-14H2. The van der Waals surface area contributed by atoms with Crippen LogP contribution in [0.5, 0.6) is 0 Å². The van der Waals surface area contributed by atoms with E-state index in [9.17, 15) is 0 Å². The van der Waals surface area contributed by atoms with Crippen LogP contribution < -0.4 is 0 Å². The molecule has 0 radical (unpaired) electrons. The third-order valence-electron chi connectivity index (χ3n) is 4.61. The van der Waals surface area contributed by atoms with E-state index in [1.54, 1.807) is 0 Å². The van der Waals surface area contributed by atoms with Gasteiger partial charge in [-0.05, 0) is 35.1 Å². The van der Waals surface area contributed by atoms with Crippen LogP contribution in [0.2, 0.25) is 0 Å². The molecule has 0 saturated heterocycles. The lowest BCUT2D eigenvalue weighted by atomic mass is 9.84. The zero-order valence-electron chi connectivity index (χ0n) is 11.8. The Hall–Kier alpha value is -1.79. The maximum atomic E-state index is 6.85. The number of hydrogen-bond acceptors (Lipinski definition) is 0. The van der Waals surface area contributed by atoms with Crippen molar-refractivity contribution in [2.24, 2.45) is 0 Å². The van der Waals surface area contributed by atoms with E-state index >= 15 is 0 Å². The molecule has 0 fully saturated rings. The molecule has 2 aromatic rings. The van der Waals surface area contributed by atoms with Crippen molar-refractivity contribution < 1.29 is 0 Å². The van der Waals surface area contributed by atoms with Gasteiger partial charge in [0.1, 0.15) is 0 Å². The molecule has 0 heterocycles. The van der Waals surface area contributed by atoms with Gasteiger partial charge in [-0.25, -0.2) is 0 Å². The van der Waals surface area contributed by atoms with E-state index in [2.05, 4.69) is 72.8 Å². The Bertz CT molecular complexity index is 696. The molecule has 0 saturated carbocycles. The Kier molecular flexibility index (Phi) is 3.01. The predicted octanol–water partition coefficient (Wildman–Crippen LogP) is 5.68. The lowest BCUT2D eigenvalue weighted by molar-refractivity contribution is 0.589. The smallest absolute Gasteiger partial charge is 0.0672 e. The lowest BCUT2D eigenvalue weighted by Crippen LogP contribution is -2.22. The average Bonchev–Trinajstić information content (AvgIpc) is 2.83. The summed E-state index contributed by atoms with van der Waals surface area (Å²) in [7, 11) is 0. The summed E-state index contributed by atoms with van der Waals surface area (Å²) in [5.74, 6) is 0.394. The molecule has 0 amide bonds. The molecular formula is C20H17Cl. The van der Waals surface area contributed by atoms with Gasteiger partial charge in [-0.2, -0.15) is 0 Å². The Balaban J connectivity index is 1.78. The largest absolute Gasteiger partial charge is 0.114 e. The highest BCUT2D eigenvalue weighted by Gasteiger charge is 2.35. The van der Waals surface area contributed by atoms with Gasteiger partial charge in [0.15, 0.2) is 0 Å². The summed E-state index contributed by atoms with van der Waals surface area (Å²) in [6.45, 7) is 0. The van der Waals surface area contributed by atoms with Gasteiger partial charge in [0, 0.05) is 5.92 Å². The fourth-order valence-corrected chi connectivity index (χ4v) is 3.93. The van der Waals surface area contributed by atoms with Crippen LogP contribution in [0.15, 0.2) is 72.8 Å². The molecule has 4 rings (SSSR count). The molecule has 2 aliphatic carbocycles. The van der Waals surface area contributed by atoms with Crippen LogP contribution in [0.25, 0.3) is 11.1 Å². The summed E-state index contributed by atoms with van der Waals surface area (Å²) in [5, 5.41) is 0. The Morgan fingerprint density at radius 1 is 0.905 bits per heavy atom. The summed E-state index contributed by atoms with van der Waals surface area (Å²) in [5.41, 5.74) is 5.57. The summed E-state index contributed by atoms with van der Waals surface area (Å²) >= 11 is 6.85. The van der Waals surface area contributed by atoms with E-state index in [0.717, 1.165) is 12.8 Å². The molecule has 1 atom stereocenters. The van der Waals surface area contributed by atoms with Crippen LogP contribution in [-0.2, 0) is 0 Å². The fraction of sp³-hybridized carbons (Fsp3) is 0.200. The van der Waals surface area contributed by atoms with E-state index in [1.807, 2.05) is 0 Å². The maximum absolute atomic E-state index is 6.85. The van der Waals surface area contributed by atoms with E-state index in [-0.39, 0.29) is 4.87 Å². The SMILES string of the molecule is ClC1(CC2c3ccccc3-c3ccccc32)C=CC=CC1. The van der Waals surface area contributed by atoms with Crippen LogP contribution in [0.4, 0.5) is 0 Å². The van der Waals surface area contributed by atoms with E-state index in [1.165, 1.54) is 22.3 Å². The number of benzene rings is 2. The van der Waals surface area contributed by atoms with Crippen LogP contribution in [0, 0.1) is 0 Å². The molecule has 0 aliphatic heterocycles. The van der Waals surface area contributed by atoms with Crippen LogP contribution in [-0.4, -0.2) is 4.87 Å². The first kappa shape index (κ1) is 12.9. The maximum Gasteiger partial charge on any atom is 0.0672 e. The third kappa shape index (κ3) is 2.15. The highest BCUT2D eigenvalue weighted by Crippen LogP contribution is 2.49. The Labute approximate surface area is 130 Å². The van der Waals surface area contributed by atoms with Gasteiger partial charge in [0.05, 0.1) is 4.87 Å². The van der Waals surface area contributed by atoms with Crippen molar-refractivity contribution in [1.82, 2.24) is 0 Å². The molecule has 1 unspecified atom stereocenters. The van der Waals surface area contributed by atoms with Gasteiger partial charge in [-0.3, -0.25) is 0 Å². The normalized spacial score (nSPS) is 23.1. The molecule has 0 aromatic heterocycles. The second kappa shape index (κ2) is 4.89. The first-order chi connectivity index (χ1) is 10.3. The molecular weight excluding hydrogens is 276 g/mol. The van der Waals surface area contributed by atoms with Crippen molar-refractivity contribution >= 4 is 11.6 Å². The zero-order valence-corrected chi connectivity index (χ0v) is 12.6. The topological polar surface area (TPSA) is 0 Å². The van der Waals surface area contributed by atoms with Gasteiger partial charge >= 0.3 is 0 Å². The minimum atomic E-state index is -0.260. The fourth-order valence-electron chi connectivity index (χ4n) is 3.61. The zero-order chi connectivity index (χ0) is 14.3. The molecule has 2 aromatic carbocycles. The van der Waals surface area contributed by atoms with E-state index in [0.29, 0.717) is 5.92 Å². The molecule has 0 spiro atoms. The number of halogens is 1. The van der Waals surface area contributed by atoms with Gasteiger partial charge in [0.2, 0.25) is 0 Å². The minimum absolute atomic E-state index is 0.260. The Morgan fingerprint density at radius 2 is 1.52 bits per heavy atom. The van der Waals surface area contributed by atoms with E-state index in [4.69, 9.17) is 11.6 Å². The van der Waals surface area contributed by atoms with Gasteiger partial charge < -0.3 is 0 Å². The van der Waals surface area contributed by atoms with Crippen LogP contribution >= 0.6 is 11.6 Å². The summed E-state index contributed by atoms with van der Waals surface area (Å²) in [4.78, 5) is -0.260. The second-order valence-corrected chi connectivity index (χ2v) is 6.71. The van der Waals surface area contributed by atoms with Crippen LogP contribution in [0.1, 0.15) is 29.9 Å². The highest BCUT2D eigenvalue weighted by molar-refractivity contribution is 6.25. The number of allylic oxidation sites excluding steroid dienone is 4. The van der Waals surface area contributed by atoms with Crippen molar-refractivity contribution in [3.63, 3.8) is 0 Å². The molecule has 0 nitrogen and oxygen atoms in total. The summed E-state index contributed by atoms with van der Waals surface area (Å²) in [6.07, 6.45) is 10.3. The predicted molar refractivity (Wildman–Crippen MR) is 89.8 cm³/mol. The second-order valence-electron chi connectivity index (χ2n) is 5.96. The van der Waals surface area contributed by atoms with Crippen molar-refractivity contribution in [3.05, 3.63) is 84.0 Å². The van der Waals surface area contributed by atoms with E-state index < -0.39 is 0 Å². The first-order valence-electron chi connectivity index (χ1n) is 7.48. The number of rotatable bonds is 2. The molecule has 104 valence electrons. The van der Waals surface area contributed by atoms with Crippen molar-refractivity contribution in [1.29, 1.82) is 0 Å². The lowest BCUT2D eigenvalue weighted by Gasteiger charge is -2.28. The molecule has 2 aliphatic rings. The minimum Gasteiger partial charge on any atom is -0.114 e. The average molecular weight is 293 g/mol. The molecule has 0 bridgehead atoms. The number of hydrogen-bond donors (Lipinski definition) is 0.